The molecule has 3 aromatic rings. The zero-order chi connectivity index (χ0) is 12.4. The molecule has 0 atom stereocenters. The molecule has 2 heterocycles. The minimum absolute atomic E-state index is 0.987. The van der Waals surface area contributed by atoms with Crippen LogP contribution in [-0.4, -0.2) is 15.2 Å². The Morgan fingerprint density at radius 2 is 1.72 bits per heavy atom. The highest BCUT2D eigenvalue weighted by atomic mass is 15.1. The first-order valence-corrected chi connectivity index (χ1v) is 5.86. The van der Waals surface area contributed by atoms with Gasteiger partial charge in [0.15, 0.2) is 0 Å². The Labute approximate surface area is 106 Å². The Hall–Kier alpha value is -2.42. The van der Waals surface area contributed by atoms with E-state index in [4.69, 9.17) is 0 Å². The lowest BCUT2D eigenvalue weighted by Crippen LogP contribution is -1.85. The maximum atomic E-state index is 4.50. The van der Waals surface area contributed by atoms with Gasteiger partial charge in [-0.1, -0.05) is 36.4 Å². The Morgan fingerprint density at radius 1 is 0.889 bits per heavy atom. The molecule has 0 saturated carbocycles. The molecule has 0 bridgehead atoms. The van der Waals surface area contributed by atoms with Crippen LogP contribution in [0.2, 0.25) is 0 Å². The van der Waals surface area contributed by atoms with E-state index in [-0.39, 0.29) is 0 Å². The van der Waals surface area contributed by atoms with E-state index in [1.165, 1.54) is 0 Å². The fourth-order valence-electron chi connectivity index (χ4n) is 1.97. The molecule has 0 spiro atoms. The molecule has 0 aliphatic rings. The monoisotopic (exact) mass is 235 g/mol. The largest absolute Gasteiger partial charge is 0.282 e. The molecule has 2 aromatic heterocycles. The van der Waals surface area contributed by atoms with Crippen LogP contribution < -0.4 is 0 Å². The molecule has 1 N–H and O–H groups in total. The maximum absolute atomic E-state index is 4.50. The van der Waals surface area contributed by atoms with Crippen LogP contribution in [0.4, 0.5) is 0 Å². The molecular weight excluding hydrogens is 222 g/mol. The molecule has 1 aromatic carbocycles. The molecule has 0 unspecified atom stereocenters. The summed E-state index contributed by atoms with van der Waals surface area (Å²) in [6, 6.07) is 14.3. The number of benzene rings is 1. The molecule has 0 fully saturated rings. The summed E-state index contributed by atoms with van der Waals surface area (Å²) in [6.07, 6.45) is 3.72. The number of hydrogen-bond acceptors (Lipinski definition) is 2. The van der Waals surface area contributed by atoms with Crippen molar-refractivity contribution in [2.45, 2.75) is 6.92 Å². The topological polar surface area (TPSA) is 41.6 Å². The Bertz CT molecular complexity index is 639. The van der Waals surface area contributed by atoms with Gasteiger partial charge in [-0.3, -0.25) is 10.1 Å². The van der Waals surface area contributed by atoms with Crippen LogP contribution >= 0.6 is 0 Å². The van der Waals surface area contributed by atoms with E-state index in [1.807, 2.05) is 43.6 Å². The second-order valence-electron chi connectivity index (χ2n) is 4.21. The molecule has 3 rings (SSSR count). The maximum Gasteiger partial charge on any atom is 0.0702 e. The zero-order valence-electron chi connectivity index (χ0n) is 10.1. The van der Waals surface area contributed by atoms with Gasteiger partial charge in [-0.25, -0.2) is 0 Å². The molecule has 0 amide bonds. The number of pyridine rings is 1. The van der Waals surface area contributed by atoms with Crippen molar-refractivity contribution >= 4 is 0 Å². The van der Waals surface area contributed by atoms with Crippen LogP contribution in [0.1, 0.15) is 5.69 Å². The van der Waals surface area contributed by atoms with Crippen molar-refractivity contribution in [1.29, 1.82) is 0 Å². The van der Waals surface area contributed by atoms with Gasteiger partial charge in [0.1, 0.15) is 0 Å². The predicted molar refractivity (Wildman–Crippen MR) is 72.0 cm³/mol. The lowest BCUT2D eigenvalue weighted by molar-refractivity contribution is 1.05. The minimum Gasteiger partial charge on any atom is -0.282 e. The predicted octanol–water partition coefficient (Wildman–Crippen LogP) is 3.45. The summed E-state index contributed by atoms with van der Waals surface area (Å²) in [4.78, 5) is 4.50. The van der Waals surface area contributed by atoms with Gasteiger partial charge in [-0.15, -0.1) is 0 Å². The molecule has 18 heavy (non-hydrogen) atoms. The summed E-state index contributed by atoms with van der Waals surface area (Å²) in [5.74, 6) is 0. The number of nitrogens with one attached hydrogen (secondary N) is 1. The SMILES string of the molecule is Cc1[nH]ncc1-c1ccc(-c2ccccc2)nc1. The van der Waals surface area contributed by atoms with Crippen molar-refractivity contribution in [2.24, 2.45) is 0 Å². The van der Waals surface area contributed by atoms with E-state index in [9.17, 15) is 0 Å². The Morgan fingerprint density at radius 3 is 2.33 bits per heavy atom. The number of hydrogen-bond donors (Lipinski definition) is 1. The first-order chi connectivity index (χ1) is 8.84. The Balaban J connectivity index is 1.97. The number of nitrogens with zero attached hydrogens (tertiary/aromatic N) is 2. The van der Waals surface area contributed by atoms with Crippen molar-refractivity contribution in [2.75, 3.05) is 0 Å². The van der Waals surface area contributed by atoms with Crippen LogP contribution in [0.5, 0.6) is 0 Å². The van der Waals surface area contributed by atoms with Crippen LogP contribution in [0.15, 0.2) is 54.9 Å². The molecule has 0 aliphatic heterocycles. The van der Waals surface area contributed by atoms with Gasteiger partial charge in [0, 0.05) is 28.6 Å². The van der Waals surface area contributed by atoms with Gasteiger partial charge in [-0.05, 0) is 13.0 Å². The second kappa shape index (κ2) is 4.45. The van der Waals surface area contributed by atoms with Gasteiger partial charge in [0.05, 0.1) is 11.9 Å². The lowest BCUT2D eigenvalue weighted by Gasteiger charge is -2.02. The molecule has 3 heteroatoms. The van der Waals surface area contributed by atoms with E-state index in [0.717, 1.165) is 28.1 Å². The Kier molecular flexibility index (Phi) is 2.65. The third-order valence-corrected chi connectivity index (χ3v) is 2.97. The molecule has 3 nitrogen and oxygen atoms in total. The van der Waals surface area contributed by atoms with Gasteiger partial charge in [0.2, 0.25) is 0 Å². The molecular formula is C15H13N3. The number of aromatic amines is 1. The summed E-state index contributed by atoms with van der Waals surface area (Å²) in [5, 5.41) is 6.96. The van der Waals surface area contributed by atoms with E-state index in [1.54, 1.807) is 0 Å². The summed E-state index contributed by atoms with van der Waals surface area (Å²) < 4.78 is 0. The average Bonchev–Trinajstić information content (AvgIpc) is 2.86. The fraction of sp³-hybridized carbons (Fsp3) is 0.0667. The smallest absolute Gasteiger partial charge is 0.0702 e. The normalized spacial score (nSPS) is 10.5. The highest BCUT2D eigenvalue weighted by molar-refractivity contribution is 5.67. The lowest BCUT2D eigenvalue weighted by atomic mass is 10.1. The van der Waals surface area contributed by atoms with Gasteiger partial charge < -0.3 is 0 Å². The summed E-state index contributed by atoms with van der Waals surface area (Å²) in [7, 11) is 0. The summed E-state index contributed by atoms with van der Waals surface area (Å²) >= 11 is 0. The first-order valence-electron chi connectivity index (χ1n) is 5.86. The minimum atomic E-state index is 0.987. The standard InChI is InChI=1S/C15H13N3/c1-11-14(10-17-18-11)13-7-8-15(16-9-13)12-5-3-2-4-6-12/h2-10H,1H3,(H,17,18). The number of aryl methyl sites for hydroxylation is 1. The van der Waals surface area contributed by atoms with E-state index >= 15 is 0 Å². The van der Waals surface area contributed by atoms with E-state index in [2.05, 4.69) is 33.4 Å². The first kappa shape index (κ1) is 10.7. The second-order valence-corrected chi connectivity index (χ2v) is 4.21. The molecule has 88 valence electrons. The van der Waals surface area contributed by atoms with Gasteiger partial charge in [0.25, 0.3) is 0 Å². The van der Waals surface area contributed by atoms with Crippen molar-refractivity contribution in [3.8, 4) is 22.4 Å². The highest BCUT2D eigenvalue weighted by Gasteiger charge is 2.04. The fourth-order valence-corrected chi connectivity index (χ4v) is 1.97. The van der Waals surface area contributed by atoms with E-state index in [0.29, 0.717) is 0 Å². The quantitative estimate of drug-likeness (QED) is 0.739. The van der Waals surface area contributed by atoms with Crippen molar-refractivity contribution in [1.82, 2.24) is 15.2 Å². The summed E-state index contributed by atoms with van der Waals surface area (Å²) in [5.41, 5.74) is 5.36. The van der Waals surface area contributed by atoms with E-state index < -0.39 is 0 Å². The zero-order valence-corrected chi connectivity index (χ0v) is 10.1. The highest BCUT2D eigenvalue weighted by Crippen LogP contribution is 2.23. The van der Waals surface area contributed by atoms with Crippen molar-refractivity contribution in [3.05, 3.63) is 60.6 Å². The third-order valence-electron chi connectivity index (χ3n) is 2.97. The summed E-state index contributed by atoms with van der Waals surface area (Å²) in [6.45, 7) is 2.01. The van der Waals surface area contributed by atoms with Gasteiger partial charge >= 0.3 is 0 Å². The van der Waals surface area contributed by atoms with Gasteiger partial charge in [-0.2, -0.15) is 5.10 Å². The van der Waals surface area contributed by atoms with Crippen molar-refractivity contribution in [3.63, 3.8) is 0 Å². The number of aromatic nitrogens is 3. The van der Waals surface area contributed by atoms with Crippen LogP contribution in [-0.2, 0) is 0 Å². The molecule has 0 saturated heterocycles. The van der Waals surface area contributed by atoms with Crippen LogP contribution in [0.3, 0.4) is 0 Å². The third kappa shape index (κ3) is 1.91. The number of rotatable bonds is 2. The van der Waals surface area contributed by atoms with Crippen LogP contribution in [0.25, 0.3) is 22.4 Å². The van der Waals surface area contributed by atoms with Crippen LogP contribution in [0, 0.1) is 6.92 Å². The molecule has 0 radical (unpaired) electrons. The number of H-pyrrole nitrogens is 1. The average molecular weight is 235 g/mol. The van der Waals surface area contributed by atoms with Crippen molar-refractivity contribution < 1.29 is 0 Å². The molecule has 0 aliphatic carbocycles.